The smallest absolute Gasteiger partial charge is 0.115 e. The van der Waals surface area contributed by atoms with E-state index in [1.807, 2.05) is 36.4 Å². The van der Waals surface area contributed by atoms with E-state index in [4.69, 9.17) is 0 Å². The normalized spacial score (nSPS) is 14.4. The van der Waals surface area contributed by atoms with Crippen LogP contribution in [0.2, 0.25) is 0 Å². The summed E-state index contributed by atoms with van der Waals surface area (Å²) in [5.41, 5.74) is 3.68. The van der Waals surface area contributed by atoms with Gasteiger partial charge in [-0.1, -0.05) is 57.2 Å². The Morgan fingerprint density at radius 1 is 0.533 bits per heavy atom. The highest BCUT2D eigenvalue weighted by Crippen LogP contribution is 2.40. The maximum atomic E-state index is 9.75. The zero-order valence-corrected chi connectivity index (χ0v) is 18.0. The summed E-state index contributed by atoms with van der Waals surface area (Å²) in [6.45, 7) is 6.72. The van der Waals surface area contributed by atoms with E-state index in [1.54, 1.807) is 36.4 Å². The van der Waals surface area contributed by atoms with Crippen molar-refractivity contribution in [3.8, 4) is 17.2 Å². The molecule has 3 atom stereocenters. The molecule has 0 amide bonds. The van der Waals surface area contributed by atoms with E-state index in [0.717, 1.165) is 12.8 Å². The average molecular weight is 405 g/mol. The van der Waals surface area contributed by atoms with Gasteiger partial charge in [-0.25, -0.2) is 0 Å². The van der Waals surface area contributed by atoms with Gasteiger partial charge in [0.25, 0.3) is 0 Å². The largest absolute Gasteiger partial charge is 0.508 e. The van der Waals surface area contributed by atoms with Crippen LogP contribution in [-0.4, -0.2) is 15.3 Å². The lowest BCUT2D eigenvalue weighted by molar-refractivity contribution is 0.402. The fourth-order valence-corrected chi connectivity index (χ4v) is 4.30. The Kier molecular flexibility index (Phi) is 7.04. The van der Waals surface area contributed by atoms with Crippen LogP contribution in [0.15, 0.2) is 72.8 Å². The summed E-state index contributed by atoms with van der Waals surface area (Å²) in [5.74, 6) is 2.32. The van der Waals surface area contributed by atoms with E-state index in [2.05, 4.69) is 20.8 Å². The van der Waals surface area contributed by atoms with Gasteiger partial charge in [-0.05, 0) is 89.6 Å². The highest BCUT2D eigenvalue weighted by molar-refractivity contribution is 5.33. The molecule has 0 radical (unpaired) electrons. The van der Waals surface area contributed by atoms with Gasteiger partial charge in [-0.3, -0.25) is 0 Å². The average Bonchev–Trinajstić information content (AvgIpc) is 2.72. The van der Waals surface area contributed by atoms with E-state index < -0.39 is 0 Å². The minimum atomic E-state index is 0.281. The van der Waals surface area contributed by atoms with Crippen molar-refractivity contribution < 1.29 is 15.3 Å². The van der Waals surface area contributed by atoms with Crippen LogP contribution < -0.4 is 0 Å². The molecule has 0 spiro atoms. The van der Waals surface area contributed by atoms with Gasteiger partial charge in [0.05, 0.1) is 0 Å². The molecule has 0 aliphatic rings. The summed E-state index contributed by atoms with van der Waals surface area (Å²) >= 11 is 0. The van der Waals surface area contributed by atoms with Crippen LogP contribution in [0.4, 0.5) is 0 Å². The molecule has 3 aromatic carbocycles. The lowest BCUT2D eigenvalue weighted by Crippen LogP contribution is -2.14. The molecule has 0 aliphatic carbocycles. The molecule has 0 saturated carbocycles. The molecule has 0 bridgehead atoms. The fraction of sp³-hybridized carbons (Fsp3) is 0.333. The third-order valence-corrected chi connectivity index (χ3v) is 6.13. The molecule has 3 unspecified atom stereocenters. The predicted molar refractivity (Wildman–Crippen MR) is 122 cm³/mol. The highest BCUT2D eigenvalue weighted by Gasteiger charge is 2.24. The molecule has 0 aromatic heterocycles. The minimum Gasteiger partial charge on any atom is -0.508 e. The number of phenolic OH excluding ortho intramolecular Hbond substituents is 3. The van der Waals surface area contributed by atoms with Gasteiger partial charge in [0, 0.05) is 0 Å². The maximum Gasteiger partial charge on any atom is 0.115 e. The second-order valence-electron chi connectivity index (χ2n) is 8.69. The molecule has 3 aromatic rings. The molecule has 0 fully saturated rings. The monoisotopic (exact) mass is 404 g/mol. The van der Waals surface area contributed by atoms with Crippen molar-refractivity contribution in [2.24, 2.45) is 5.92 Å². The van der Waals surface area contributed by atoms with Crippen molar-refractivity contribution >= 4 is 0 Å². The molecular formula is C27H32O3. The van der Waals surface area contributed by atoms with Crippen molar-refractivity contribution in [3.05, 3.63) is 89.5 Å². The van der Waals surface area contributed by atoms with Crippen LogP contribution in [0.25, 0.3) is 0 Å². The third kappa shape index (κ3) is 5.56. The van der Waals surface area contributed by atoms with Crippen LogP contribution in [0, 0.1) is 5.92 Å². The number of hydrogen-bond acceptors (Lipinski definition) is 3. The molecule has 0 aliphatic heterocycles. The third-order valence-electron chi connectivity index (χ3n) is 6.13. The molecule has 30 heavy (non-hydrogen) atoms. The van der Waals surface area contributed by atoms with E-state index >= 15 is 0 Å². The molecule has 0 heterocycles. The number of aromatic hydroxyl groups is 3. The molecule has 0 saturated heterocycles. The SMILES string of the molecule is CC(CC(CC(c1ccc(O)cc1)C(C)C)c1ccc(O)cc1)c1ccc(O)cc1. The quantitative estimate of drug-likeness (QED) is 0.382. The molecule has 3 nitrogen and oxygen atoms in total. The number of phenols is 3. The Bertz CT molecular complexity index is 912. The van der Waals surface area contributed by atoms with Crippen LogP contribution in [0.1, 0.15) is 68.1 Å². The standard InChI is InChI=1S/C27H32O3/c1-18(2)27(22-8-14-26(30)15-9-22)17-23(21-6-12-25(29)13-7-21)16-19(3)20-4-10-24(28)11-5-20/h4-15,18-19,23,27-30H,16-17H2,1-3H3. The van der Waals surface area contributed by atoms with Crippen molar-refractivity contribution in [2.45, 2.75) is 51.4 Å². The van der Waals surface area contributed by atoms with Gasteiger partial charge in [-0.15, -0.1) is 0 Å². The van der Waals surface area contributed by atoms with Crippen LogP contribution >= 0.6 is 0 Å². The first-order valence-corrected chi connectivity index (χ1v) is 10.7. The first-order valence-electron chi connectivity index (χ1n) is 10.7. The van der Waals surface area contributed by atoms with E-state index in [-0.39, 0.29) is 17.2 Å². The molecule has 3 N–H and O–H groups in total. The summed E-state index contributed by atoms with van der Waals surface area (Å²) < 4.78 is 0. The Balaban J connectivity index is 1.88. The summed E-state index contributed by atoms with van der Waals surface area (Å²) in [6, 6.07) is 22.6. The fourth-order valence-electron chi connectivity index (χ4n) is 4.30. The topological polar surface area (TPSA) is 60.7 Å². The molecule has 3 heteroatoms. The van der Waals surface area contributed by atoms with Gasteiger partial charge >= 0.3 is 0 Å². The number of hydrogen-bond donors (Lipinski definition) is 3. The van der Waals surface area contributed by atoms with Crippen molar-refractivity contribution in [2.75, 3.05) is 0 Å². The second kappa shape index (κ2) is 9.71. The van der Waals surface area contributed by atoms with Crippen molar-refractivity contribution in [1.29, 1.82) is 0 Å². The number of benzene rings is 3. The van der Waals surface area contributed by atoms with Crippen LogP contribution in [0.5, 0.6) is 17.2 Å². The summed E-state index contributed by atoms with van der Waals surface area (Å²) in [5, 5.41) is 29.0. The Morgan fingerprint density at radius 2 is 0.933 bits per heavy atom. The first kappa shape index (κ1) is 21.8. The van der Waals surface area contributed by atoms with Crippen LogP contribution in [-0.2, 0) is 0 Å². The molecule has 3 rings (SSSR count). The van der Waals surface area contributed by atoms with Crippen molar-refractivity contribution in [3.63, 3.8) is 0 Å². The Labute approximate surface area is 179 Å². The summed E-state index contributed by atoms with van der Waals surface area (Å²) in [4.78, 5) is 0. The highest BCUT2D eigenvalue weighted by atomic mass is 16.3. The van der Waals surface area contributed by atoms with Crippen molar-refractivity contribution in [1.82, 2.24) is 0 Å². The van der Waals surface area contributed by atoms with Crippen LogP contribution in [0.3, 0.4) is 0 Å². The minimum absolute atomic E-state index is 0.281. The lowest BCUT2D eigenvalue weighted by Gasteiger charge is -2.29. The Hall–Kier alpha value is -2.94. The zero-order valence-electron chi connectivity index (χ0n) is 18.0. The van der Waals surface area contributed by atoms with E-state index in [1.165, 1.54) is 16.7 Å². The second-order valence-corrected chi connectivity index (χ2v) is 8.69. The van der Waals surface area contributed by atoms with Gasteiger partial charge in [0.15, 0.2) is 0 Å². The first-order chi connectivity index (χ1) is 14.3. The zero-order chi connectivity index (χ0) is 21.7. The van der Waals surface area contributed by atoms with Gasteiger partial charge in [0.1, 0.15) is 17.2 Å². The summed E-state index contributed by atoms with van der Waals surface area (Å²) in [7, 11) is 0. The predicted octanol–water partition coefficient (Wildman–Crippen LogP) is 6.91. The van der Waals surface area contributed by atoms with Gasteiger partial charge < -0.3 is 15.3 Å². The Morgan fingerprint density at radius 3 is 1.37 bits per heavy atom. The summed E-state index contributed by atoms with van der Waals surface area (Å²) in [6.07, 6.45) is 1.95. The molecule has 158 valence electrons. The number of rotatable bonds is 8. The lowest BCUT2D eigenvalue weighted by atomic mass is 9.75. The van der Waals surface area contributed by atoms with E-state index in [0.29, 0.717) is 23.7 Å². The molecular weight excluding hydrogens is 372 g/mol. The van der Waals surface area contributed by atoms with E-state index in [9.17, 15) is 15.3 Å². The van der Waals surface area contributed by atoms with Gasteiger partial charge in [0.2, 0.25) is 0 Å². The van der Waals surface area contributed by atoms with Gasteiger partial charge in [-0.2, -0.15) is 0 Å². The maximum absolute atomic E-state index is 9.75.